The van der Waals surface area contributed by atoms with E-state index in [2.05, 4.69) is 16.0 Å². The van der Waals surface area contributed by atoms with E-state index in [0.717, 1.165) is 0 Å². The molecule has 0 aliphatic carbocycles. The third-order valence-electron chi connectivity index (χ3n) is 3.81. The molecule has 3 fully saturated rings. The van der Waals surface area contributed by atoms with E-state index in [0.29, 0.717) is 0 Å². The van der Waals surface area contributed by atoms with Crippen LogP contribution in [0.4, 0.5) is 4.79 Å². The summed E-state index contributed by atoms with van der Waals surface area (Å²) in [7, 11) is 0. The number of ether oxygens (including phenoxy) is 1. The third-order valence-corrected chi connectivity index (χ3v) is 3.81. The van der Waals surface area contributed by atoms with Crippen molar-refractivity contribution in [3.63, 3.8) is 0 Å². The van der Waals surface area contributed by atoms with Gasteiger partial charge in [0, 0.05) is 0 Å². The van der Waals surface area contributed by atoms with Crippen molar-refractivity contribution in [2.75, 3.05) is 13.3 Å². The van der Waals surface area contributed by atoms with Gasteiger partial charge in [0.2, 0.25) is 5.91 Å². The Kier molecular flexibility index (Phi) is 3.36. The van der Waals surface area contributed by atoms with Crippen LogP contribution < -0.4 is 16.0 Å². The van der Waals surface area contributed by atoms with E-state index in [4.69, 9.17) is 9.84 Å². The molecule has 0 aromatic heterocycles. The van der Waals surface area contributed by atoms with Crippen LogP contribution in [0.15, 0.2) is 0 Å². The Morgan fingerprint density at radius 3 is 2.70 bits per heavy atom. The summed E-state index contributed by atoms with van der Waals surface area (Å²) in [4.78, 5) is 24.5. The number of urea groups is 1. The number of aliphatic hydroxyl groups excluding tert-OH is 3. The molecule has 6 atom stereocenters. The Bertz CT molecular complexity index is 434. The molecule has 0 aromatic rings. The fourth-order valence-corrected chi connectivity index (χ4v) is 2.77. The Hall–Kier alpha value is -1.30. The van der Waals surface area contributed by atoms with Gasteiger partial charge in [-0.25, -0.2) is 9.69 Å². The molecule has 3 heterocycles. The van der Waals surface area contributed by atoms with Crippen LogP contribution in [0.1, 0.15) is 0 Å². The van der Waals surface area contributed by atoms with Crippen LogP contribution in [0.5, 0.6) is 0 Å². The number of carbonyl (C=O) groups excluding carboxylic acids is 2. The van der Waals surface area contributed by atoms with Crippen molar-refractivity contribution in [3.8, 4) is 0 Å². The molecule has 0 bridgehead atoms. The van der Waals surface area contributed by atoms with Gasteiger partial charge in [-0.2, -0.15) is 0 Å². The maximum absolute atomic E-state index is 11.7. The van der Waals surface area contributed by atoms with Gasteiger partial charge < -0.3 is 25.4 Å². The van der Waals surface area contributed by atoms with Crippen molar-refractivity contribution >= 4 is 11.9 Å². The van der Waals surface area contributed by atoms with E-state index >= 15 is 0 Å². The number of rotatable bonds is 2. The lowest BCUT2D eigenvalue weighted by molar-refractivity contribution is -0.127. The lowest BCUT2D eigenvalue weighted by Gasteiger charge is -2.34. The molecule has 0 aromatic carbocycles. The number of hydrogen-bond acceptors (Lipinski definition) is 8. The zero-order valence-electron chi connectivity index (χ0n) is 10.4. The van der Waals surface area contributed by atoms with Gasteiger partial charge in [-0.1, -0.05) is 0 Å². The van der Waals surface area contributed by atoms with Crippen LogP contribution >= 0.6 is 0 Å². The fraction of sp³-hybridized carbons (Fsp3) is 0.800. The molecule has 10 nitrogen and oxygen atoms in total. The third kappa shape index (κ3) is 1.97. The average Bonchev–Trinajstić information content (AvgIpc) is 2.93. The van der Waals surface area contributed by atoms with Gasteiger partial charge in [-0.3, -0.25) is 15.4 Å². The van der Waals surface area contributed by atoms with E-state index in [1.807, 2.05) is 0 Å². The SMILES string of the molecule is O=C1NC(=O)C2NCN([C@@H]3O[C@H](CO)[C@@H](O)[C@H]3O)C2N1. The van der Waals surface area contributed by atoms with Gasteiger partial charge in [-0.15, -0.1) is 0 Å². The maximum atomic E-state index is 11.7. The second-order valence-corrected chi connectivity index (χ2v) is 4.99. The monoisotopic (exact) mass is 288 g/mol. The molecule has 3 rings (SSSR count). The van der Waals surface area contributed by atoms with Gasteiger partial charge >= 0.3 is 6.03 Å². The highest BCUT2D eigenvalue weighted by atomic mass is 16.6. The number of imide groups is 1. The molecular formula is C10H16N4O6. The number of fused-ring (bicyclic) bond motifs is 1. The van der Waals surface area contributed by atoms with Crippen LogP contribution in [-0.4, -0.2) is 82.2 Å². The van der Waals surface area contributed by atoms with Crippen LogP contribution in [0.25, 0.3) is 0 Å². The topological polar surface area (TPSA) is 143 Å². The first kappa shape index (κ1) is 13.7. The highest BCUT2D eigenvalue weighted by molar-refractivity contribution is 6.00. The molecule has 0 saturated carbocycles. The summed E-state index contributed by atoms with van der Waals surface area (Å²) in [5.41, 5.74) is 0. The number of aliphatic hydroxyl groups is 3. The van der Waals surface area contributed by atoms with Crippen molar-refractivity contribution in [1.29, 1.82) is 0 Å². The Morgan fingerprint density at radius 1 is 1.30 bits per heavy atom. The first-order chi connectivity index (χ1) is 9.52. The van der Waals surface area contributed by atoms with Gasteiger partial charge in [0.15, 0.2) is 0 Å². The first-order valence-corrected chi connectivity index (χ1v) is 6.26. The van der Waals surface area contributed by atoms with Crippen molar-refractivity contribution < 1.29 is 29.6 Å². The average molecular weight is 288 g/mol. The summed E-state index contributed by atoms with van der Waals surface area (Å²) < 4.78 is 5.39. The largest absolute Gasteiger partial charge is 0.394 e. The van der Waals surface area contributed by atoms with Gasteiger partial charge in [-0.05, 0) is 0 Å². The number of nitrogens with zero attached hydrogens (tertiary/aromatic N) is 1. The minimum atomic E-state index is -1.24. The summed E-state index contributed by atoms with van der Waals surface area (Å²) in [5, 5.41) is 36.4. The predicted molar refractivity (Wildman–Crippen MR) is 61.9 cm³/mol. The minimum Gasteiger partial charge on any atom is -0.394 e. The van der Waals surface area contributed by atoms with Crippen molar-refractivity contribution in [2.45, 2.75) is 36.7 Å². The fourth-order valence-electron chi connectivity index (χ4n) is 2.77. The molecule has 6 N–H and O–H groups in total. The molecule has 20 heavy (non-hydrogen) atoms. The molecule has 0 radical (unpaired) electrons. The number of hydrogen-bond donors (Lipinski definition) is 6. The number of nitrogens with one attached hydrogen (secondary N) is 3. The second-order valence-electron chi connectivity index (χ2n) is 4.99. The van der Waals surface area contributed by atoms with Gasteiger partial charge in [0.1, 0.15) is 36.7 Å². The van der Waals surface area contributed by atoms with Crippen molar-refractivity contribution in [2.24, 2.45) is 0 Å². The summed E-state index contributed by atoms with van der Waals surface area (Å²) in [5.74, 6) is -0.465. The van der Waals surface area contributed by atoms with Crippen LogP contribution in [-0.2, 0) is 9.53 Å². The number of amides is 3. The molecule has 0 spiro atoms. The molecule has 10 heteroatoms. The minimum absolute atomic E-state index is 0.190. The van der Waals surface area contributed by atoms with Gasteiger partial charge in [0.25, 0.3) is 0 Å². The predicted octanol–water partition coefficient (Wildman–Crippen LogP) is -4.18. The van der Waals surface area contributed by atoms with E-state index < -0.39 is 55.3 Å². The molecule has 3 aliphatic rings. The molecule has 2 unspecified atom stereocenters. The Labute approximate surface area is 113 Å². The lowest BCUT2D eigenvalue weighted by Crippen LogP contribution is -2.66. The summed E-state index contributed by atoms with van der Waals surface area (Å²) >= 11 is 0. The zero-order valence-corrected chi connectivity index (χ0v) is 10.4. The van der Waals surface area contributed by atoms with E-state index in [1.54, 1.807) is 0 Å². The maximum Gasteiger partial charge on any atom is 0.322 e. The molecule has 3 aliphatic heterocycles. The Balaban J connectivity index is 1.78. The van der Waals surface area contributed by atoms with Gasteiger partial charge in [0.05, 0.1) is 13.3 Å². The van der Waals surface area contributed by atoms with E-state index in [9.17, 15) is 19.8 Å². The van der Waals surface area contributed by atoms with Crippen molar-refractivity contribution in [1.82, 2.24) is 20.9 Å². The van der Waals surface area contributed by atoms with E-state index in [-0.39, 0.29) is 6.67 Å². The highest BCUT2D eigenvalue weighted by Gasteiger charge is 2.52. The first-order valence-electron chi connectivity index (χ1n) is 6.26. The second kappa shape index (κ2) is 4.91. The van der Waals surface area contributed by atoms with E-state index in [1.165, 1.54) is 4.90 Å². The highest BCUT2D eigenvalue weighted by Crippen LogP contribution is 2.27. The Morgan fingerprint density at radius 2 is 2.05 bits per heavy atom. The normalized spacial score (nSPS) is 45.1. The number of carbonyl (C=O) groups is 2. The zero-order chi connectivity index (χ0) is 14.4. The van der Waals surface area contributed by atoms with Crippen LogP contribution in [0.2, 0.25) is 0 Å². The smallest absolute Gasteiger partial charge is 0.322 e. The summed E-state index contributed by atoms with van der Waals surface area (Å²) in [6, 6.07) is -1.29. The van der Waals surface area contributed by atoms with Crippen LogP contribution in [0.3, 0.4) is 0 Å². The van der Waals surface area contributed by atoms with Crippen LogP contribution in [0, 0.1) is 0 Å². The molecule has 3 saturated heterocycles. The molecule has 112 valence electrons. The quantitative estimate of drug-likeness (QED) is 0.300. The molecular weight excluding hydrogens is 272 g/mol. The standard InChI is InChI=1S/C10H16N4O6/c15-1-3-5(16)6(17)9(20-3)14-2-11-4-7(14)12-10(19)13-8(4)18/h3-7,9,11,15-17H,1-2H2,(H2,12,13,18,19)/t3-,4?,5-,6-,7?,9-/m1/s1. The lowest BCUT2D eigenvalue weighted by atomic mass is 10.1. The summed E-state index contributed by atoms with van der Waals surface area (Å²) in [6.45, 7) is -0.243. The van der Waals surface area contributed by atoms with Crippen molar-refractivity contribution in [3.05, 3.63) is 0 Å². The molecule has 3 amide bonds. The summed E-state index contributed by atoms with van der Waals surface area (Å²) in [6.07, 6.45) is -4.97.